The van der Waals surface area contributed by atoms with E-state index in [1.807, 2.05) is 55.4 Å². The Kier molecular flexibility index (Phi) is 6.08. The predicted octanol–water partition coefficient (Wildman–Crippen LogP) is 4.29. The molecule has 144 valence electrons. The van der Waals surface area contributed by atoms with E-state index in [9.17, 15) is 4.79 Å². The van der Waals surface area contributed by atoms with Gasteiger partial charge in [-0.15, -0.1) is 0 Å². The van der Waals surface area contributed by atoms with Gasteiger partial charge >= 0.3 is 0 Å². The zero-order valence-electron chi connectivity index (χ0n) is 16.6. The number of hydrogen-bond acceptors (Lipinski definition) is 3. The SMILES string of the molecule is CCN(CC)CCN1C(=O)c2ccccc2C1c1cc(Cl)ccc1N(C)C. The third-order valence-electron chi connectivity index (χ3n) is 5.38. The van der Waals surface area contributed by atoms with Crippen LogP contribution in [0.25, 0.3) is 0 Å². The molecule has 0 N–H and O–H groups in total. The summed E-state index contributed by atoms with van der Waals surface area (Å²) in [5.74, 6) is 0.104. The van der Waals surface area contributed by atoms with E-state index < -0.39 is 0 Å². The van der Waals surface area contributed by atoms with Crippen molar-refractivity contribution in [1.82, 2.24) is 9.80 Å². The van der Waals surface area contributed by atoms with Crippen LogP contribution in [-0.4, -0.2) is 56.0 Å². The fraction of sp³-hybridized carbons (Fsp3) is 0.409. The van der Waals surface area contributed by atoms with Crippen LogP contribution in [0.3, 0.4) is 0 Å². The van der Waals surface area contributed by atoms with Crippen molar-refractivity contribution in [2.24, 2.45) is 0 Å². The van der Waals surface area contributed by atoms with Gasteiger partial charge in [0.1, 0.15) is 0 Å². The molecule has 1 amide bonds. The molecule has 0 saturated carbocycles. The van der Waals surface area contributed by atoms with Crippen LogP contribution < -0.4 is 4.90 Å². The van der Waals surface area contributed by atoms with Crippen molar-refractivity contribution in [3.63, 3.8) is 0 Å². The Balaban J connectivity index is 2.06. The lowest BCUT2D eigenvalue weighted by Crippen LogP contribution is -2.37. The van der Waals surface area contributed by atoms with Gasteiger partial charge in [0.2, 0.25) is 0 Å². The average Bonchev–Trinajstić information content (AvgIpc) is 2.94. The second-order valence-corrected chi connectivity index (χ2v) is 7.55. The average molecular weight is 386 g/mol. The van der Waals surface area contributed by atoms with Crippen molar-refractivity contribution in [3.8, 4) is 0 Å². The number of anilines is 1. The van der Waals surface area contributed by atoms with Crippen molar-refractivity contribution in [3.05, 3.63) is 64.2 Å². The minimum absolute atomic E-state index is 0.104. The van der Waals surface area contributed by atoms with Gasteiger partial charge in [0.25, 0.3) is 5.91 Å². The summed E-state index contributed by atoms with van der Waals surface area (Å²) in [5, 5.41) is 0.691. The van der Waals surface area contributed by atoms with Gasteiger partial charge in [0, 0.05) is 49.0 Å². The summed E-state index contributed by atoms with van der Waals surface area (Å²) in [6.07, 6.45) is 0. The van der Waals surface area contributed by atoms with Crippen LogP contribution >= 0.6 is 11.6 Å². The van der Waals surface area contributed by atoms with E-state index in [4.69, 9.17) is 11.6 Å². The highest BCUT2D eigenvalue weighted by molar-refractivity contribution is 6.30. The first-order chi connectivity index (χ1) is 13.0. The molecule has 0 bridgehead atoms. The smallest absolute Gasteiger partial charge is 0.255 e. The maximum absolute atomic E-state index is 13.2. The van der Waals surface area contributed by atoms with Gasteiger partial charge in [-0.2, -0.15) is 0 Å². The number of hydrogen-bond donors (Lipinski definition) is 0. The topological polar surface area (TPSA) is 26.8 Å². The molecule has 1 atom stereocenters. The second kappa shape index (κ2) is 8.32. The predicted molar refractivity (Wildman–Crippen MR) is 113 cm³/mol. The van der Waals surface area contributed by atoms with Crippen LogP contribution in [0.4, 0.5) is 5.69 Å². The van der Waals surface area contributed by atoms with Gasteiger partial charge in [-0.1, -0.05) is 43.6 Å². The van der Waals surface area contributed by atoms with Gasteiger partial charge in [-0.3, -0.25) is 4.79 Å². The number of rotatable bonds is 7. The Morgan fingerprint density at radius 3 is 2.41 bits per heavy atom. The minimum Gasteiger partial charge on any atom is -0.377 e. The minimum atomic E-state index is -0.111. The molecule has 1 unspecified atom stereocenters. The molecule has 27 heavy (non-hydrogen) atoms. The normalized spacial score (nSPS) is 16.1. The fourth-order valence-electron chi connectivity index (χ4n) is 3.88. The first-order valence-electron chi connectivity index (χ1n) is 9.56. The third-order valence-corrected chi connectivity index (χ3v) is 5.61. The lowest BCUT2D eigenvalue weighted by molar-refractivity contribution is 0.0729. The monoisotopic (exact) mass is 385 g/mol. The molecular weight excluding hydrogens is 358 g/mol. The van der Waals surface area contributed by atoms with Crippen molar-refractivity contribution in [2.75, 3.05) is 45.2 Å². The highest BCUT2D eigenvalue weighted by Crippen LogP contribution is 2.42. The Morgan fingerprint density at radius 1 is 1.04 bits per heavy atom. The molecule has 1 heterocycles. The standard InChI is InChI=1S/C22H28ClN3O/c1-5-25(6-2)13-14-26-21(17-9-7-8-10-18(17)22(26)27)19-15-16(23)11-12-20(19)24(3)4/h7-12,15,21H,5-6,13-14H2,1-4H3. The zero-order chi connectivity index (χ0) is 19.6. The Morgan fingerprint density at radius 2 is 1.74 bits per heavy atom. The quantitative estimate of drug-likeness (QED) is 0.711. The van der Waals surface area contributed by atoms with Gasteiger partial charge in [0.05, 0.1) is 6.04 Å². The van der Waals surface area contributed by atoms with Gasteiger partial charge in [-0.05, 0) is 42.9 Å². The largest absolute Gasteiger partial charge is 0.377 e. The molecule has 0 saturated heterocycles. The van der Waals surface area contributed by atoms with E-state index in [0.717, 1.165) is 42.0 Å². The number of carbonyl (C=O) groups excluding carboxylic acids is 1. The molecule has 1 aliphatic heterocycles. The lowest BCUT2D eigenvalue weighted by Gasteiger charge is -2.31. The molecule has 0 radical (unpaired) electrons. The first kappa shape index (κ1) is 19.7. The Bertz CT molecular complexity index is 817. The van der Waals surface area contributed by atoms with E-state index in [2.05, 4.69) is 29.7 Å². The third kappa shape index (κ3) is 3.83. The van der Waals surface area contributed by atoms with E-state index in [1.165, 1.54) is 0 Å². The number of likely N-dealkylation sites (N-methyl/N-ethyl adjacent to an activating group) is 1. The first-order valence-corrected chi connectivity index (χ1v) is 9.94. The van der Waals surface area contributed by atoms with Gasteiger partial charge in [0.15, 0.2) is 0 Å². The molecule has 2 aromatic rings. The number of fused-ring (bicyclic) bond motifs is 1. The van der Waals surface area contributed by atoms with E-state index in [-0.39, 0.29) is 11.9 Å². The molecule has 1 aliphatic rings. The maximum atomic E-state index is 13.2. The van der Waals surface area contributed by atoms with Crippen LogP contribution in [0.5, 0.6) is 0 Å². The molecule has 4 nitrogen and oxygen atoms in total. The molecule has 0 spiro atoms. The summed E-state index contributed by atoms with van der Waals surface area (Å²) < 4.78 is 0. The summed E-state index contributed by atoms with van der Waals surface area (Å²) in [6, 6.07) is 13.8. The summed E-state index contributed by atoms with van der Waals surface area (Å²) in [6.45, 7) is 7.83. The highest BCUT2D eigenvalue weighted by atomic mass is 35.5. The molecule has 0 fully saturated rings. The Hall–Kier alpha value is -2.04. The second-order valence-electron chi connectivity index (χ2n) is 7.11. The van der Waals surface area contributed by atoms with Gasteiger partial charge < -0.3 is 14.7 Å². The van der Waals surface area contributed by atoms with Crippen LogP contribution in [0, 0.1) is 0 Å². The molecule has 0 aliphatic carbocycles. The molecule has 2 aromatic carbocycles. The molecule has 3 rings (SSSR count). The molecular formula is C22H28ClN3O. The molecule has 5 heteroatoms. The summed E-state index contributed by atoms with van der Waals surface area (Å²) in [4.78, 5) is 19.6. The fourth-order valence-corrected chi connectivity index (χ4v) is 4.06. The van der Waals surface area contributed by atoms with E-state index in [0.29, 0.717) is 11.6 Å². The zero-order valence-corrected chi connectivity index (χ0v) is 17.3. The number of nitrogens with zero attached hydrogens (tertiary/aromatic N) is 3. The summed E-state index contributed by atoms with van der Waals surface area (Å²) in [7, 11) is 4.05. The van der Waals surface area contributed by atoms with Crippen LogP contribution in [0.15, 0.2) is 42.5 Å². The number of carbonyl (C=O) groups is 1. The van der Waals surface area contributed by atoms with Crippen LogP contribution in [0.2, 0.25) is 5.02 Å². The van der Waals surface area contributed by atoms with Crippen molar-refractivity contribution < 1.29 is 4.79 Å². The number of benzene rings is 2. The summed E-state index contributed by atoms with van der Waals surface area (Å²) >= 11 is 6.35. The lowest BCUT2D eigenvalue weighted by atomic mass is 9.96. The number of amides is 1. The van der Waals surface area contributed by atoms with E-state index >= 15 is 0 Å². The van der Waals surface area contributed by atoms with Gasteiger partial charge in [-0.25, -0.2) is 0 Å². The van der Waals surface area contributed by atoms with Crippen LogP contribution in [0.1, 0.15) is 41.4 Å². The summed E-state index contributed by atoms with van der Waals surface area (Å²) in [5.41, 5.74) is 4.02. The van der Waals surface area contributed by atoms with Crippen LogP contribution in [-0.2, 0) is 0 Å². The highest BCUT2D eigenvalue weighted by Gasteiger charge is 2.38. The maximum Gasteiger partial charge on any atom is 0.255 e. The van der Waals surface area contributed by atoms with Crippen molar-refractivity contribution in [1.29, 1.82) is 0 Å². The van der Waals surface area contributed by atoms with Crippen molar-refractivity contribution >= 4 is 23.2 Å². The van der Waals surface area contributed by atoms with Crippen molar-refractivity contribution in [2.45, 2.75) is 19.9 Å². The number of halogens is 1. The Labute approximate surface area is 167 Å². The molecule has 0 aromatic heterocycles. The van der Waals surface area contributed by atoms with E-state index in [1.54, 1.807) is 0 Å².